The average molecular weight is 354 g/mol. The fraction of sp³-hybridized carbons (Fsp3) is 0.300. The zero-order valence-electron chi connectivity index (χ0n) is 15.2. The van der Waals surface area contributed by atoms with E-state index >= 15 is 0 Å². The van der Waals surface area contributed by atoms with Crippen LogP contribution in [0, 0.1) is 0 Å². The Hall–Kier alpha value is -3.02. The van der Waals surface area contributed by atoms with E-state index in [-0.39, 0.29) is 18.0 Å². The molecule has 0 atom stereocenters. The molecule has 0 unspecified atom stereocenters. The van der Waals surface area contributed by atoms with Crippen LogP contribution in [-0.2, 0) is 23.3 Å². The van der Waals surface area contributed by atoms with E-state index in [1.165, 1.54) is 0 Å². The summed E-state index contributed by atoms with van der Waals surface area (Å²) < 4.78 is 5.25. The lowest BCUT2D eigenvalue weighted by Gasteiger charge is -2.26. The summed E-state index contributed by atoms with van der Waals surface area (Å²) in [6.45, 7) is 5.25. The molecule has 0 bridgehead atoms. The monoisotopic (exact) mass is 354 g/mol. The molecule has 0 spiro atoms. The summed E-state index contributed by atoms with van der Waals surface area (Å²) in [5, 5.41) is 2.83. The number of rotatable bonds is 7. The first-order valence-corrected chi connectivity index (χ1v) is 8.46. The SMILES string of the molecule is CC(C)(CNC(=O)OCc1ccccc1)c1cccc(CN=C(N)N)c1. The third kappa shape index (κ3) is 6.12. The Morgan fingerprint density at radius 1 is 1.08 bits per heavy atom. The van der Waals surface area contributed by atoms with Crippen LogP contribution in [0.4, 0.5) is 4.79 Å². The number of nitrogens with two attached hydrogens (primary N) is 2. The van der Waals surface area contributed by atoms with Crippen molar-refractivity contribution in [3.8, 4) is 0 Å². The Morgan fingerprint density at radius 3 is 2.46 bits per heavy atom. The molecular weight excluding hydrogens is 328 g/mol. The van der Waals surface area contributed by atoms with E-state index in [4.69, 9.17) is 16.2 Å². The van der Waals surface area contributed by atoms with Crippen LogP contribution in [0.1, 0.15) is 30.5 Å². The van der Waals surface area contributed by atoms with Crippen molar-refractivity contribution in [1.82, 2.24) is 5.32 Å². The van der Waals surface area contributed by atoms with Gasteiger partial charge in [0.2, 0.25) is 0 Å². The van der Waals surface area contributed by atoms with Gasteiger partial charge < -0.3 is 21.5 Å². The number of nitrogens with zero attached hydrogens (tertiary/aromatic N) is 1. The second-order valence-electron chi connectivity index (χ2n) is 6.74. The molecule has 0 radical (unpaired) electrons. The van der Waals surface area contributed by atoms with Crippen LogP contribution in [0.5, 0.6) is 0 Å². The molecule has 5 N–H and O–H groups in total. The van der Waals surface area contributed by atoms with Crippen LogP contribution in [0.25, 0.3) is 0 Å². The summed E-state index contributed by atoms with van der Waals surface area (Å²) in [7, 11) is 0. The highest BCUT2D eigenvalue weighted by atomic mass is 16.5. The van der Waals surface area contributed by atoms with Gasteiger partial charge in [-0.2, -0.15) is 0 Å². The third-order valence-electron chi connectivity index (χ3n) is 4.04. The standard InChI is InChI=1S/C20H26N4O2/c1-20(2,17-10-6-9-16(11-17)12-23-18(21)22)14-24-19(25)26-13-15-7-4-3-5-8-15/h3-11H,12-14H2,1-2H3,(H,24,25)(H4,21,22,23). The highest BCUT2D eigenvalue weighted by molar-refractivity contribution is 5.75. The van der Waals surface area contributed by atoms with Gasteiger partial charge in [-0.1, -0.05) is 68.4 Å². The van der Waals surface area contributed by atoms with Crippen LogP contribution in [-0.4, -0.2) is 18.6 Å². The fourth-order valence-corrected chi connectivity index (χ4v) is 2.44. The van der Waals surface area contributed by atoms with E-state index in [1.807, 2.05) is 54.6 Å². The molecule has 0 aliphatic heterocycles. The lowest BCUT2D eigenvalue weighted by molar-refractivity contribution is 0.137. The minimum Gasteiger partial charge on any atom is -0.445 e. The lowest BCUT2D eigenvalue weighted by Crippen LogP contribution is -2.37. The Labute approximate surface area is 154 Å². The average Bonchev–Trinajstić information content (AvgIpc) is 2.64. The van der Waals surface area contributed by atoms with Crippen molar-refractivity contribution in [3.05, 3.63) is 71.3 Å². The highest BCUT2D eigenvalue weighted by Gasteiger charge is 2.22. The molecule has 26 heavy (non-hydrogen) atoms. The second kappa shape index (κ2) is 8.89. The molecule has 2 aromatic rings. The van der Waals surface area contributed by atoms with Crippen molar-refractivity contribution in [2.75, 3.05) is 6.54 Å². The van der Waals surface area contributed by atoms with Crippen LogP contribution in [0.15, 0.2) is 59.6 Å². The predicted molar refractivity (Wildman–Crippen MR) is 104 cm³/mol. The molecule has 2 rings (SSSR count). The summed E-state index contributed by atoms with van der Waals surface area (Å²) in [6, 6.07) is 17.6. The van der Waals surface area contributed by atoms with Gasteiger partial charge in [0.25, 0.3) is 0 Å². The highest BCUT2D eigenvalue weighted by Crippen LogP contribution is 2.23. The maximum Gasteiger partial charge on any atom is 0.407 e. The van der Waals surface area contributed by atoms with Crippen LogP contribution >= 0.6 is 0 Å². The number of aliphatic imine (C=N–C) groups is 1. The van der Waals surface area contributed by atoms with E-state index in [2.05, 4.69) is 24.2 Å². The van der Waals surface area contributed by atoms with Gasteiger partial charge in [-0.15, -0.1) is 0 Å². The fourth-order valence-electron chi connectivity index (χ4n) is 2.44. The van der Waals surface area contributed by atoms with Gasteiger partial charge in [-0.3, -0.25) is 0 Å². The number of benzene rings is 2. The molecule has 0 aliphatic rings. The van der Waals surface area contributed by atoms with Crippen LogP contribution < -0.4 is 16.8 Å². The number of hydrogen-bond acceptors (Lipinski definition) is 3. The van der Waals surface area contributed by atoms with Gasteiger partial charge in [-0.05, 0) is 16.7 Å². The Morgan fingerprint density at radius 2 is 1.77 bits per heavy atom. The van der Waals surface area contributed by atoms with Gasteiger partial charge in [0.15, 0.2) is 5.96 Å². The van der Waals surface area contributed by atoms with Crippen LogP contribution in [0.3, 0.4) is 0 Å². The summed E-state index contributed by atoms with van der Waals surface area (Å²) in [5.41, 5.74) is 13.5. The molecule has 0 fully saturated rings. The zero-order chi connectivity index (χ0) is 19.0. The molecule has 0 aromatic heterocycles. The molecule has 138 valence electrons. The molecule has 0 saturated carbocycles. The molecule has 0 heterocycles. The van der Waals surface area contributed by atoms with Gasteiger partial charge >= 0.3 is 6.09 Å². The third-order valence-corrected chi connectivity index (χ3v) is 4.04. The molecule has 6 heteroatoms. The van der Waals surface area contributed by atoms with Gasteiger partial charge in [0, 0.05) is 12.0 Å². The molecule has 2 aromatic carbocycles. The minimum absolute atomic E-state index is 0.0671. The van der Waals surface area contributed by atoms with Gasteiger partial charge in [0.05, 0.1) is 6.54 Å². The van der Waals surface area contributed by atoms with Crippen molar-refractivity contribution < 1.29 is 9.53 Å². The summed E-state index contributed by atoms with van der Waals surface area (Å²) in [6.07, 6.45) is -0.432. The first kappa shape index (κ1) is 19.3. The van der Waals surface area contributed by atoms with E-state index in [1.54, 1.807) is 0 Å². The Balaban J connectivity index is 1.90. The van der Waals surface area contributed by atoms with Crippen LogP contribution in [0.2, 0.25) is 0 Å². The molecule has 0 saturated heterocycles. The number of alkyl carbamates (subject to hydrolysis) is 1. The molecular formula is C20H26N4O2. The quantitative estimate of drug-likeness (QED) is 0.525. The number of amides is 1. The smallest absolute Gasteiger partial charge is 0.407 e. The zero-order valence-corrected chi connectivity index (χ0v) is 15.2. The summed E-state index contributed by atoms with van der Waals surface area (Å²) in [5.74, 6) is 0.0671. The number of nitrogens with one attached hydrogen (secondary N) is 1. The minimum atomic E-state index is -0.432. The summed E-state index contributed by atoms with van der Waals surface area (Å²) in [4.78, 5) is 16.0. The van der Waals surface area contributed by atoms with Gasteiger partial charge in [0.1, 0.15) is 6.61 Å². The van der Waals surface area contributed by atoms with E-state index in [9.17, 15) is 4.79 Å². The molecule has 1 amide bonds. The predicted octanol–water partition coefficient (Wildman–Crippen LogP) is 2.66. The normalized spacial score (nSPS) is 10.8. The first-order valence-electron chi connectivity index (χ1n) is 8.46. The number of carbonyl (C=O) groups is 1. The maximum absolute atomic E-state index is 12.0. The molecule has 0 aliphatic carbocycles. The second-order valence-corrected chi connectivity index (χ2v) is 6.74. The van der Waals surface area contributed by atoms with E-state index in [0.29, 0.717) is 13.1 Å². The van der Waals surface area contributed by atoms with Crippen molar-refractivity contribution in [1.29, 1.82) is 0 Å². The number of hydrogen-bond donors (Lipinski definition) is 3. The Bertz CT molecular complexity index is 753. The van der Waals surface area contributed by atoms with E-state index < -0.39 is 6.09 Å². The topological polar surface area (TPSA) is 103 Å². The lowest BCUT2D eigenvalue weighted by atomic mass is 9.84. The number of guanidine groups is 1. The maximum atomic E-state index is 12.0. The van der Waals surface area contributed by atoms with Crippen molar-refractivity contribution >= 4 is 12.1 Å². The van der Waals surface area contributed by atoms with Crippen molar-refractivity contribution in [2.24, 2.45) is 16.5 Å². The van der Waals surface area contributed by atoms with Gasteiger partial charge in [-0.25, -0.2) is 9.79 Å². The first-order chi connectivity index (χ1) is 12.4. The summed E-state index contributed by atoms with van der Waals surface area (Å²) >= 11 is 0. The van der Waals surface area contributed by atoms with Crippen molar-refractivity contribution in [3.63, 3.8) is 0 Å². The largest absolute Gasteiger partial charge is 0.445 e. The molecule has 6 nitrogen and oxygen atoms in total. The number of ether oxygens (including phenoxy) is 1. The Kier molecular flexibility index (Phi) is 6.60. The number of carbonyl (C=O) groups excluding carboxylic acids is 1. The van der Waals surface area contributed by atoms with Crippen molar-refractivity contribution in [2.45, 2.75) is 32.4 Å². The van der Waals surface area contributed by atoms with E-state index in [0.717, 1.165) is 16.7 Å².